The molecule has 2 aromatic heterocycles. The number of urea groups is 1. The molecule has 32 heavy (non-hydrogen) atoms. The predicted molar refractivity (Wildman–Crippen MR) is 119 cm³/mol. The Bertz CT molecular complexity index is 1340. The quantitative estimate of drug-likeness (QED) is 0.625. The summed E-state index contributed by atoms with van der Waals surface area (Å²) in [6.45, 7) is 2.12. The van der Waals surface area contributed by atoms with Crippen molar-refractivity contribution in [2.75, 3.05) is 5.32 Å². The molecule has 8 nitrogen and oxygen atoms in total. The highest BCUT2D eigenvalue weighted by atomic mass is 32.2. The lowest BCUT2D eigenvalue weighted by atomic mass is 10.0. The van der Waals surface area contributed by atoms with Crippen molar-refractivity contribution < 1.29 is 13.4 Å². The van der Waals surface area contributed by atoms with Crippen molar-refractivity contribution in [1.82, 2.24) is 14.8 Å². The molecule has 0 radical (unpaired) electrons. The number of pyridine rings is 1. The van der Waals surface area contributed by atoms with Gasteiger partial charge in [0, 0.05) is 11.4 Å². The van der Waals surface area contributed by atoms with Crippen molar-refractivity contribution in [2.45, 2.75) is 50.0 Å². The number of nitrogens with two attached hydrogens (primary N) is 1. The topological polar surface area (TPSA) is 115 Å². The fourth-order valence-corrected chi connectivity index (χ4v) is 5.41. The van der Waals surface area contributed by atoms with Gasteiger partial charge >= 0.3 is 6.03 Å². The van der Waals surface area contributed by atoms with Crippen LogP contribution in [0.15, 0.2) is 45.9 Å². The van der Waals surface area contributed by atoms with E-state index >= 15 is 0 Å². The number of aromatic nitrogens is 3. The monoisotopic (exact) mass is 454 g/mol. The van der Waals surface area contributed by atoms with Crippen LogP contribution >= 0.6 is 0 Å². The Kier molecular flexibility index (Phi) is 5.06. The third-order valence-electron chi connectivity index (χ3n) is 6.04. The molecule has 0 bridgehead atoms. The molecule has 166 valence electrons. The molecule has 0 unspecified atom stereocenters. The standard InChI is InChI=1S/C22H23FN6O2S/c1-13-10-11-16-19(13)25-18-9-5-8-15(18)20(16)26-22(30)28-32(24,31)21-17(23)12-29(27-21)14-6-3-2-4-7-14/h2-4,6-7,12-13H,5,8-11H2,1H3,(H3,24,25,26,28,30,31)/t13-,32+/m1/s1. The first kappa shape index (κ1) is 20.8. The Morgan fingerprint density at radius 1 is 1.25 bits per heavy atom. The van der Waals surface area contributed by atoms with E-state index in [0.29, 0.717) is 17.3 Å². The third-order valence-corrected chi connectivity index (χ3v) is 7.31. The van der Waals surface area contributed by atoms with E-state index in [1.54, 1.807) is 24.3 Å². The van der Waals surface area contributed by atoms with Gasteiger partial charge in [0.1, 0.15) is 0 Å². The van der Waals surface area contributed by atoms with Crippen LogP contribution in [0.25, 0.3) is 5.69 Å². The molecule has 3 aromatic rings. The second kappa shape index (κ2) is 7.79. The van der Waals surface area contributed by atoms with Gasteiger partial charge in [-0.25, -0.2) is 23.2 Å². The Hall–Kier alpha value is -3.11. The Morgan fingerprint density at radius 2 is 2.03 bits per heavy atom. The molecule has 2 amide bonds. The number of carbonyl (C=O) groups excluding carboxylic acids is 1. The maximum Gasteiger partial charge on any atom is 0.354 e. The molecule has 5 rings (SSSR count). The summed E-state index contributed by atoms with van der Waals surface area (Å²) in [7, 11) is -3.90. The molecule has 1 aromatic carbocycles. The average molecular weight is 455 g/mol. The van der Waals surface area contributed by atoms with Gasteiger partial charge in [-0.1, -0.05) is 25.1 Å². The highest BCUT2D eigenvalue weighted by molar-refractivity contribution is 7.91. The van der Waals surface area contributed by atoms with Crippen molar-refractivity contribution >= 4 is 21.6 Å². The van der Waals surface area contributed by atoms with E-state index in [9.17, 15) is 13.4 Å². The van der Waals surface area contributed by atoms with Crippen LogP contribution in [0.5, 0.6) is 0 Å². The molecule has 2 atom stereocenters. The minimum Gasteiger partial charge on any atom is -0.305 e. The molecular formula is C22H23FN6O2S. The average Bonchev–Trinajstić information content (AvgIpc) is 3.47. The Morgan fingerprint density at radius 3 is 2.81 bits per heavy atom. The van der Waals surface area contributed by atoms with Crippen molar-refractivity contribution in [2.24, 2.45) is 9.50 Å². The zero-order valence-electron chi connectivity index (χ0n) is 17.5. The summed E-state index contributed by atoms with van der Waals surface area (Å²) >= 11 is 0. The van der Waals surface area contributed by atoms with E-state index < -0.39 is 26.8 Å². The van der Waals surface area contributed by atoms with Crippen LogP contribution in [0.2, 0.25) is 0 Å². The lowest BCUT2D eigenvalue weighted by molar-refractivity contribution is 0.260. The van der Waals surface area contributed by atoms with Gasteiger partial charge in [0.05, 0.1) is 17.6 Å². The van der Waals surface area contributed by atoms with Gasteiger partial charge in [-0.15, -0.1) is 4.36 Å². The van der Waals surface area contributed by atoms with E-state index in [1.807, 2.05) is 6.07 Å². The predicted octanol–water partition coefficient (Wildman–Crippen LogP) is 3.88. The smallest absolute Gasteiger partial charge is 0.305 e. The van der Waals surface area contributed by atoms with Crippen LogP contribution in [0.1, 0.15) is 48.2 Å². The van der Waals surface area contributed by atoms with Gasteiger partial charge < -0.3 is 5.32 Å². The highest BCUT2D eigenvalue weighted by Crippen LogP contribution is 2.41. The number of carbonyl (C=O) groups is 1. The molecular weight excluding hydrogens is 431 g/mol. The van der Waals surface area contributed by atoms with Crippen molar-refractivity contribution in [3.8, 4) is 5.69 Å². The SMILES string of the molecule is C[C@@H]1CCc2c1nc1c(c2NC(=O)N=[S@](N)(=O)c2nn(-c3ccccc3)cc2F)CCC1. The summed E-state index contributed by atoms with van der Waals surface area (Å²) in [5.74, 6) is -0.573. The lowest BCUT2D eigenvalue weighted by Crippen LogP contribution is -2.20. The van der Waals surface area contributed by atoms with Crippen LogP contribution in [-0.4, -0.2) is 25.0 Å². The first-order valence-corrected chi connectivity index (χ1v) is 12.1. The zero-order chi connectivity index (χ0) is 22.5. The normalized spacial score (nSPS) is 18.7. The van der Waals surface area contributed by atoms with E-state index in [-0.39, 0.29) is 0 Å². The number of fused-ring (bicyclic) bond motifs is 2. The Labute approximate surface area is 185 Å². The molecule has 10 heteroatoms. The minimum absolute atomic E-state index is 0.318. The Balaban J connectivity index is 1.48. The molecule has 3 N–H and O–H groups in total. The molecule has 2 heterocycles. The van der Waals surface area contributed by atoms with Gasteiger partial charge in [-0.2, -0.15) is 5.10 Å². The summed E-state index contributed by atoms with van der Waals surface area (Å²) in [5, 5.41) is 12.0. The number of nitrogens with one attached hydrogen (secondary N) is 1. The van der Waals surface area contributed by atoms with Crippen LogP contribution in [0.4, 0.5) is 14.9 Å². The first-order chi connectivity index (χ1) is 15.3. The summed E-state index contributed by atoms with van der Waals surface area (Å²) in [5.41, 5.74) is 5.27. The van der Waals surface area contributed by atoms with Crippen molar-refractivity contribution in [3.63, 3.8) is 0 Å². The van der Waals surface area contributed by atoms with Crippen LogP contribution in [0.3, 0.4) is 0 Å². The summed E-state index contributed by atoms with van der Waals surface area (Å²) < 4.78 is 32.4. The van der Waals surface area contributed by atoms with Gasteiger partial charge in [0.2, 0.25) is 5.03 Å². The van der Waals surface area contributed by atoms with Gasteiger partial charge in [-0.3, -0.25) is 4.98 Å². The van der Waals surface area contributed by atoms with Gasteiger partial charge in [0.15, 0.2) is 15.7 Å². The zero-order valence-corrected chi connectivity index (χ0v) is 18.4. The minimum atomic E-state index is -3.90. The number of aryl methyl sites for hydroxylation is 1. The highest BCUT2D eigenvalue weighted by Gasteiger charge is 2.30. The third kappa shape index (κ3) is 3.59. The number of benzene rings is 1. The number of amides is 2. The fourth-order valence-electron chi connectivity index (χ4n) is 4.50. The molecule has 2 aliphatic carbocycles. The number of halogens is 1. The van der Waals surface area contributed by atoms with E-state index in [4.69, 9.17) is 10.1 Å². The summed E-state index contributed by atoms with van der Waals surface area (Å²) in [6.07, 6.45) is 5.48. The number of hydrogen-bond donors (Lipinski definition) is 2. The molecule has 0 spiro atoms. The number of anilines is 1. The number of hydrogen-bond acceptors (Lipinski definition) is 4. The van der Waals surface area contributed by atoms with Crippen molar-refractivity contribution in [3.05, 3.63) is 64.9 Å². The summed E-state index contributed by atoms with van der Waals surface area (Å²) in [4.78, 5) is 17.6. The van der Waals surface area contributed by atoms with E-state index in [0.717, 1.165) is 60.8 Å². The molecule has 2 aliphatic rings. The largest absolute Gasteiger partial charge is 0.354 e. The van der Waals surface area contributed by atoms with Crippen LogP contribution in [0, 0.1) is 5.82 Å². The van der Waals surface area contributed by atoms with E-state index in [2.05, 4.69) is 21.7 Å². The van der Waals surface area contributed by atoms with Gasteiger partial charge in [0.25, 0.3) is 0 Å². The van der Waals surface area contributed by atoms with Crippen molar-refractivity contribution in [1.29, 1.82) is 0 Å². The number of nitrogens with zero attached hydrogens (tertiary/aromatic N) is 4. The second-order valence-corrected chi connectivity index (χ2v) is 9.93. The molecule has 0 saturated carbocycles. The van der Waals surface area contributed by atoms with Crippen LogP contribution < -0.4 is 10.5 Å². The number of rotatable bonds is 3. The molecule has 0 saturated heterocycles. The molecule has 0 fully saturated rings. The fraction of sp³-hybridized carbons (Fsp3) is 0.318. The lowest BCUT2D eigenvalue weighted by Gasteiger charge is -2.15. The maximum atomic E-state index is 14.5. The summed E-state index contributed by atoms with van der Waals surface area (Å²) in [6, 6.07) is 7.88. The van der Waals surface area contributed by atoms with E-state index in [1.165, 1.54) is 4.68 Å². The molecule has 0 aliphatic heterocycles. The van der Waals surface area contributed by atoms with Crippen LogP contribution in [-0.2, 0) is 29.2 Å². The number of para-hydroxylation sites is 1. The van der Waals surface area contributed by atoms with Gasteiger partial charge in [-0.05, 0) is 61.3 Å². The second-order valence-electron chi connectivity index (χ2n) is 8.22. The maximum absolute atomic E-state index is 14.5. The first-order valence-electron chi connectivity index (χ1n) is 10.5.